The van der Waals surface area contributed by atoms with Crippen molar-refractivity contribution < 1.29 is 4.79 Å². The first kappa shape index (κ1) is 19.9. The number of aryl methyl sites for hydroxylation is 2. The molecule has 154 valence electrons. The molecule has 1 aliphatic rings. The van der Waals surface area contributed by atoms with E-state index >= 15 is 0 Å². The molecule has 0 radical (unpaired) electrons. The lowest BCUT2D eigenvalue weighted by molar-refractivity contribution is 0.0738. The van der Waals surface area contributed by atoms with Gasteiger partial charge in [-0.2, -0.15) is 5.10 Å². The van der Waals surface area contributed by atoms with Gasteiger partial charge in [-0.1, -0.05) is 42.0 Å². The van der Waals surface area contributed by atoms with E-state index in [1.165, 1.54) is 28.1 Å². The Morgan fingerprint density at radius 3 is 2.33 bits per heavy atom. The van der Waals surface area contributed by atoms with E-state index in [1.807, 2.05) is 36.1 Å². The van der Waals surface area contributed by atoms with Crippen LogP contribution in [0.3, 0.4) is 0 Å². The van der Waals surface area contributed by atoms with Crippen LogP contribution in [-0.4, -0.2) is 46.8 Å². The summed E-state index contributed by atoms with van der Waals surface area (Å²) in [6.07, 6.45) is 0. The molecule has 2 aromatic carbocycles. The van der Waals surface area contributed by atoms with E-state index in [0.29, 0.717) is 25.3 Å². The van der Waals surface area contributed by atoms with Crippen molar-refractivity contribution in [3.63, 3.8) is 0 Å². The minimum absolute atomic E-state index is 0.128. The average Bonchev–Trinajstić information content (AvgIpc) is 2.76. The first-order valence-electron chi connectivity index (χ1n) is 10.2. The number of aromatic nitrogens is 2. The molecule has 1 saturated heterocycles. The van der Waals surface area contributed by atoms with Crippen molar-refractivity contribution in [3.05, 3.63) is 93.4 Å². The quantitative estimate of drug-likeness (QED) is 0.673. The second kappa shape index (κ2) is 8.53. The number of hydrogen-bond donors (Lipinski definition) is 0. The molecule has 1 aliphatic heterocycles. The third kappa shape index (κ3) is 4.43. The maximum Gasteiger partial charge on any atom is 0.274 e. The zero-order valence-corrected chi connectivity index (χ0v) is 17.4. The van der Waals surface area contributed by atoms with E-state index in [0.717, 1.165) is 24.2 Å². The van der Waals surface area contributed by atoms with Crippen LogP contribution in [0.2, 0.25) is 0 Å². The van der Waals surface area contributed by atoms with Crippen LogP contribution in [0.5, 0.6) is 0 Å². The van der Waals surface area contributed by atoms with E-state index in [1.54, 1.807) is 0 Å². The molecule has 0 atom stereocenters. The maximum absolute atomic E-state index is 13.0. The lowest BCUT2D eigenvalue weighted by Crippen LogP contribution is -2.49. The Kier molecular flexibility index (Phi) is 5.65. The van der Waals surface area contributed by atoms with Gasteiger partial charge in [-0.3, -0.25) is 9.59 Å². The summed E-state index contributed by atoms with van der Waals surface area (Å²) >= 11 is 0. The summed E-state index contributed by atoms with van der Waals surface area (Å²) in [6, 6.07) is 19.3. The Hall–Kier alpha value is -3.41. The molecule has 2 heterocycles. The van der Waals surface area contributed by atoms with Crippen LogP contribution in [0.25, 0.3) is 0 Å². The molecule has 0 unspecified atom stereocenters. The zero-order valence-electron chi connectivity index (χ0n) is 17.4. The Morgan fingerprint density at radius 1 is 0.900 bits per heavy atom. The summed E-state index contributed by atoms with van der Waals surface area (Å²) in [6.45, 7) is 7.27. The highest BCUT2D eigenvalue weighted by Gasteiger charge is 2.23. The van der Waals surface area contributed by atoms with Crippen molar-refractivity contribution in [2.24, 2.45) is 0 Å². The summed E-state index contributed by atoms with van der Waals surface area (Å²) < 4.78 is 1.36. The second-order valence-corrected chi connectivity index (χ2v) is 7.82. The first-order chi connectivity index (χ1) is 14.5. The molecule has 0 saturated carbocycles. The molecule has 0 N–H and O–H groups in total. The van der Waals surface area contributed by atoms with Crippen molar-refractivity contribution >= 4 is 11.6 Å². The summed E-state index contributed by atoms with van der Waals surface area (Å²) in [5.74, 6) is -0.128. The van der Waals surface area contributed by atoms with Gasteiger partial charge in [0.2, 0.25) is 0 Å². The first-order valence-corrected chi connectivity index (χ1v) is 10.2. The third-order valence-electron chi connectivity index (χ3n) is 5.47. The predicted molar refractivity (Wildman–Crippen MR) is 118 cm³/mol. The number of piperazine rings is 1. The molecule has 1 fully saturated rings. The van der Waals surface area contributed by atoms with E-state index in [2.05, 4.69) is 41.2 Å². The number of carbonyl (C=O) groups is 1. The lowest BCUT2D eigenvalue weighted by atomic mass is 10.1. The van der Waals surface area contributed by atoms with Gasteiger partial charge in [-0.05, 0) is 43.2 Å². The van der Waals surface area contributed by atoms with Crippen molar-refractivity contribution in [2.45, 2.75) is 20.4 Å². The molecule has 6 nitrogen and oxygen atoms in total. The number of nitrogens with zero attached hydrogens (tertiary/aromatic N) is 4. The molecule has 4 rings (SSSR count). The SMILES string of the molecule is Cc1ccc(Cn2nc(C(=O)N3CCN(c4cccc(C)c4)CC3)ccc2=O)cc1. The van der Waals surface area contributed by atoms with Crippen molar-refractivity contribution in [1.82, 2.24) is 14.7 Å². The average molecular weight is 402 g/mol. The number of rotatable bonds is 4. The van der Waals surface area contributed by atoms with Gasteiger partial charge in [0.05, 0.1) is 6.54 Å². The van der Waals surface area contributed by atoms with Crippen molar-refractivity contribution in [1.29, 1.82) is 0 Å². The monoisotopic (exact) mass is 402 g/mol. The molecule has 30 heavy (non-hydrogen) atoms. The Bertz CT molecular complexity index is 1100. The fourth-order valence-electron chi connectivity index (χ4n) is 3.70. The topological polar surface area (TPSA) is 58.4 Å². The Labute approximate surface area is 176 Å². The van der Waals surface area contributed by atoms with Gasteiger partial charge in [0.25, 0.3) is 11.5 Å². The Morgan fingerprint density at radius 2 is 1.63 bits per heavy atom. The highest BCUT2D eigenvalue weighted by molar-refractivity contribution is 5.92. The van der Waals surface area contributed by atoms with Gasteiger partial charge in [0.1, 0.15) is 5.69 Å². The van der Waals surface area contributed by atoms with E-state index in [4.69, 9.17) is 0 Å². The van der Waals surface area contributed by atoms with Crippen LogP contribution in [0.4, 0.5) is 5.69 Å². The van der Waals surface area contributed by atoms with Crippen LogP contribution >= 0.6 is 0 Å². The van der Waals surface area contributed by atoms with Crippen molar-refractivity contribution in [3.8, 4) is 0 Å². The minimum Gasteiger partial charge on any atom is -0.368 e. The molecule has 3 aromatic rings. The van der Waals surface area contributed by atoms with E-state index in [-0.39, 0.29) is 11.5 Å². The third-order valence-corrected chi connectivity index (χ3v) is 5.47. The molecule has 1 aromatic heterocycles. The normalized spacial score (nSPS) is 14.1. The molecular weight excluding hydrogens is 376 g/mol. The van der Waals surface area contributed by atoms with Gasteiger partial charge in [-0.25, -0.2) is 4.68 Å². The van der Waals surface area contributed by atoms with E-state index < -0.39 is 0 Å². The zero-order chi connectivity index (χ0) is 21.1. The summed E-state index contributed by atoms with van der Waals surface area (Å²) in [7, 11) is 0. The number of benzene rings is 2. The van der Waals surface area contributed by atoms with E-state index in [9.17, 15) is 9.59 Å². The number of hydrogen-bond acceptors (Lipinski definition) is 4. The van der Waals surface area contributed by atoms with Crippen LogP contribution in [0.1, 0.15) is 27.2 Å². The van der Waals surface area contributed by atoms with Crippen LogP contribution in [0.15, 0.2) is 65.5 Å². The summed E-state index contributed by atoms with van der Waals surface area (Å²) in [4.78, 5) is 29.3. The van der Waals surface area contributed by atoms with Crippen LogP contribution in [0, 0.1) is 13.8 Å². The fourth-order valence-corrected chi connectivity index (χ4v) is 3.70. The molecule has 6 heteroatoms. The lowest BCUT2D eigenvalue weighted by Gasteiger charge is -2.36. The molecule has 1 amide bonds. The molecule has 0 bridgehead atoms. The molecule has 0 spiro atoms. The molecule has 0 aliphatic carbocycles. The number of carbonyl (C=O) groups excluding carboxylic acids is 1. The van der Waals surface area contributed by atoms with Gasteiger partial charge < -0.3 is 9.80 Å². The van der Waals surface area contributed by atoms with Crippen molar-refractivity contribution in [2.75, 3.05) is 31.1 Å². The standard InChI is InChI=1S/C24H26N4O2/c1-18-6-8-20(9-7-18)17-28-23(29)11-10-22(25-28)24(30)27-14-12-26(13-15-27)21-5-3-4-19(2)16-21/h3-11,16H,12-15,17H2,1-2H3. The van der Waals surface area contributed by atoms with Gasteiger partial charge in [-0.15, -0.1) is 0 Å². The predicted octanol–water partition coefficient (Wildman–Crippen LogP) is 2.87. The largest absolute Gasteiger partial charge is 0.368 e. The number of amides is 1. The second-order valence-electron chi connectivity index (χ2n) is 7.82. The number of anilines is 1. The fraction of sp³-hybridized carbons (Fsp3) is 0.292. The highest BCUT2D eigenvalue weighted by atomic mass is 16.2. The summed E-state index contributed by atoms with van der Waals surface area (Å²) in [5.41, 5.74) is 4.65. The summed E-state index contributed by atoms with van der Waals surface area (Å²) in [5, 5.41) is 4.35. The maximum atomic E-state index is 13.0. The minimum atomic E-state index is -0.212. The van der Waals surface area contributed by atoms with Gasteiger partial charge >= 0.3 is 0 Å². The highest BCUT2D eigenvalue weighted by Crippen LogP contribution is 2.18. The van der Waals surface area contributed by atoms with Gasteiger partial charge in [0.15, 0.2) is 0 Å². The Balaban J connectivity index is 1.45. The van der Waals surface area contributed by atoms with Gasteiger partial charge in [0, 0.05) is 37.9 Å². The van der Waals surface area contributed by atoms with Crippen LogP contribution in [-0.2, 0) is 6.54 Å². The van der Waals surface area contributed by atoms with Crippen LogP contribution < -0.4 is 10.5 Å². The smallest absolute Gasteiger partial charge is 0.274 e. The molecular formula is C24H26N4O2.